The Kier molecular flexibility index (Phi) is 37.8. The van der Waals surface area contributed by atoms with Gasteiger partial charge in [-0.25, -0.2) is 0 Å². The van der Waals surface area contributed by atoms with Crippen molar-refractivity contribution in [1.82, 2.24) is 4.90 Å². The summed E-state index contributed by atoms with van der Waals surface area (Å²) in [6.07, 6.45) is 22.9. The van der Waals surface area contributed by atoms with E-state index < -0.39 is 20.8 Å². The molecule has 0 spiro atoms. The summed E-state index contributed by atoms with van der Waals surface area (Å²) in [5.74, 6) is 0. The van der Waals surface area contributed by atoms with Gasteiger partial charge in [0.25, 0.3) is 0 Å². The first-order chi connectivity index (χ1) is 16.3. The van der Waals surface area contributed by atoms with Crippen molar-refractivity contribution in [2.24, 2.45) is 5.73 Å². The number of rotatable bonds is 18. The number of nitrogens with two attached hydrogens (primary N) is 1. The fraction of sp³-hybridized carbons (Fsp3) is 1.00. The zero-order chi connectivity index (χ0) is 28.0. The van der Waals surface area contributed by atoms with Gasteiger partial charge in [-0.1, -0.05) is 103 Å². The molecule has 0 unspecified atom stereocenters. The van der Waals surface area contributed by atoms with Gasteiger partial charge in [-0.05, 0) is 34.1 Å². The Bertz CT molecular complexity index is 536. The highest BCUT2D eigenvalue weighted by Gasteiger charge is 1.95. The maximum Gasteiger partial charge on any atom is 0.397 e. The molecule has 0 rings (SSSR count). The molecule has 4 N–H and O–H groups in total. The van der Waals surface area contributed by atoms with Crippen molar-refractivity contribution in [3.05, 3.63) is 0 Å². The minimum absolute atomic E-state index is 0.870. The lowest BCUT2D eigenvalue weighted by atomic mass is 10.0. The molecule has 0 amide bonds. The van der Waals surface area contributed by atoms with Crippen molar-refractivity contribution in [2.75, 3.05) is 41.9 Å². The molecular formula is C23H56N2O8S2. The van der Waals surface area contributed by atoms with Gasteiger partial charge in [0.1, 0.15) is 0 Å². The average Bonchev–Trinajstić information content (AvgIpc) is 2.76. The molecule has 0 saturated carbocycles. The van der Waals surface area contributed by atoms with E-state index in [0.29, 0.717) is 0 Å². The molecule has 0 heterocycles. The van der Waals surface area contributed by atoms with Gasteiger partial charge in [0.2, 0.25) is 0 Å². The fourth-order valence-corrected chi connectivity index (χ4v) is 2.69. The van der Waals surface area contributed by atoms with Crippen molar-refractivity contribution in [3.63, 3.8) is 0 Å². The third-order valence-corrected chi connectivity index (χ3v) is 5.32. The standard InChI is InChI=1S/C18H39N.C3H9N.2CH4O4S/c1-2-3-4-5-6-7-8-9-10-11-12-13-14-15-16-17-18-19;1-4(2)3;2*1-5-6(2,3)4/h2-19H2,1H3;1-3H3;2*1H3,(H,2,3,4). The van der Waals surface area contributed by atoms with Gasteiger partial charge < -0.3 is 10.6 Å². The molecule has 0 aliphatic rings. The highest BCUT2D eigenvalue weighted by molar-refractivity contribution is 7.81. The Hall–Kier alpha value is -0.340. The van der Waals surface area contributed by atoms with Crippen molar-refractivity contribution in [1.29, 1.82) is 0 Å². The van der Waals surface area contributed by atoms with Gasteiger partial charge >= 0.3 is 20.8 Å². The van der Waals surface area contributed by atoms with Crippen molar-refractivity contribution >= 4 is 20.8 Å². The molecule has 0 aromatic rings. The van der Waals surface area contributed by atoms with Crippen LogP contribution < -0.4 is 5.73 Å². The second-order valence-electron chi connectivity index (χ2n) is 8.62. The van der Waals surface area contributed by atoms with Crippen LogP contribution in [0.25, 0.3) is 0 Å². The van der Waals surface area contributed by atoms with E-state index in [9.17, 15) is 16.8 Å². The molecule has 0 bridgehead atoms. The molecule has 0 radical (unpaired) electrons. The maximum atomic E-state index is 9.33. The zero-order valence-electron chi connectivity index (χ0n) is 23.2. The van der Waals surface area contributed by atoms with Gasteiger partial charge in [0, 0.05) is 0 Å². The molecule has 0 atom stereocenters. The predicted octanol–water partition coefficient (Wildman–Crippen LogP) is 5.26. The lowest BCUT2D eigenvalue weighted by molar-refractivity contribution is 0.323. The number of nitrogens with zero attached hydrogens (tertiary/aromatic N) is 1. The maximum absolute atomic E-state index is 9.33. The smallest absolute Gasteiger partial charge is 0.330 e. The van der Waals surface area contributed by atoms with Gasteiger partial charge in [0.15, 0.2) is 0 Å². The van der Waals surface area contributed by atoms with Crippen LogP contribution in [0.4, 0.5) is 0 Å². The Morgan fingerprint density at radius 1 is 0.571 bits per heavy atom. The lowest BCUT2D eigenvalue weighted by Crippen LogP contribution is -1.99. The van der Waals surface area contributed by atoms with Gasteiger partial charge in [-0.2, -0.15) is 16.8 Å². The van der Waals surface area contributed by atoms with Crippen molar-refractivity contribution in [2.45, 2.75) is 110 Å². The van der Waals surface area contributed by atoms with Crippen LogP contribution in [-0.4, -0.2) is 72.7 Å². The monoisotopic (exact) mass is 552 g/mol. The van der Waals surface area contributed by atoms with E-state index in [2.05, 4.69) is 15.3 Å². The molecule has 0 aliphatic carbocycles. The molecule has 0 aliphatic heterocycles. The van der Waals surface area contributed by atoms with E-state index in [1.54, 1.807) is 0 Å². The molecule has 218 valence electrons. The van der Waals surface area contributed by atoms with E-state index in [1.165, 1.54) is 103 Å². The van der Waals surface area contributed by atoms with Crippen LogP contribution in [-0.2, 0) is 29.2 Å². The summed E-state index contributed by atoms with van der Waals surface area (Å²) in [6.45, 7) is 3.16. The summed E-state index contributed by atoms with van der Waals surface area (Å²) in [5, 5.41) is 0. The molecule has 0 aromatic carbocycles. The number of hydrogen-bond acceptors (Lipinski definition) is 8. The first-order valence-corrected chi connectivity index (χ1v) is 15.4. The van der Waals surface area contributed by atoms with E-state index in [-0.39, 0.29) is 0 Å². The minimum Gasteiger partial charge on any atom is -0.330 e. The average molecular weight is 553 g/mol. The molecular weight excluding hydrogens is 496 g/mol. The highest BCUT2D eigenvalue weighted by atomic mass is 32.3. The van der Waals surface area contributed by atoms with Crippen LogP contribution >= 0.6 is 0 Å². The summed E-state index contributed by atoms with van der Waals surface area (Å²) in [5.41, 5.74) is 5.48. The lowest BCUT2D eigenvalue weighted by Gasteiger charge is -2.03. The van der Waals surface area contributed by atoms with Gasteiger partial charge in [0.05, 0.1) is 14.2 Å². The largest absolute Gasteiger partial charge is 0.397 e. The first-order valence-electron chi connectivity index (χ1n) is 12.6. The summed E-state index contributed by atoms with van der Waals surface area (Å²) < 4.78 is 59.4. The molecule has 12 heteroatoms. The molecule has 35 heavy (non-hydrogen) atoms. The second kappa shape index (κ2) is 31.7. The van der Waals surface area contributed by atoms with Gasteiger partial charge in [-0.15, -0.1) is 0 Å². The number of unbranched alkanes of at least 4 members (excludes halogenated alkanes) is 15. The molecule has 10 nitrogen and oxygen atoms in total. The third-order valence-electron chi connectivity index (χ3n) is 4.48. The van der Waals surface area contributed by atoms with E-state index >= 15 is 0 Å². The Morgan fingerprint density at radius 3 is 0.886 bits per heavy atom. The zero-order valence-corrected chi connectivity index (χ0v) is 24.8. The fourth-order valence-electron chi connectivity index (χ4n) is 2.69. The van der Waals surface area contributed by atoms with E-state index in [4.69, 9.17) is 14.8 Å². The van der Waals surface area contributed by atoms with Crippen LogP contribution in [0.2, 0.25) is 0 Å². The summed E-state index contributed by atoms with van der Waals surface area (Å²) >= 11 is 0. The first kappa shape index (κ1) is 41.8. The molecule has 0 fully saturated rings. The summed E-state index contributed by atoms with van der Waals surface area (Å²) in [6, 6.07) is 0. The van der Waals surface area contributed by atoms with Crippen molar-refractivity contribution in [3.8, 4) is 0 Å². The third kappa shape index (κ3) is 71.9. The van der Waals surface area contributed by atoms with E-state index in [0.717, 1.165) is 20.8 Å². The quantitative estimate of drug-likeness (QED) is 0.151. The second-order valence-corrected chi connectivity index (χ2v) is 11.0. The van der Waals surface area contributed by atoms with Crippen LogP contribution in [0.15, 0.2) is 0 Å². The highest BCUT2D eigenvalue weighted by Crippen LogP contribution is 2.13. The van der Waals surface area contributed by atoms with Gasteiger partial charge in [-0.3, -0.25) is 17.5 Å². The Morgan fingerprint density at radius 2 is 0.743 bits per heavy atom. The number of hydrogen-bond donors (Lipinski definition) is 3. The topological polar surface area (TPSA) is 156 Å². The molecule has 0 aromatic heterocycles. The predicted molar refractivity (Wildman–Crippen MR) is 145 cm³/mol. The van der Waals surface area contributed by atoms with Crippen LogP contribution in [0.1, 0.15) is 110 Å². The summed E-state index contributed by atoms with van der Waals surface area (Å²) in [7, 11) is -0.583. The summed E-state index contributed by atoms with van der Waals surface area (Å²) in [4.78, 5) is 2.00. The molecule has 0 saturated heterocycles. The Balaban J connectivity index is -0.000000243. The van der Waals surface area contributed by atoms with E-state index in [1.807, 2.05) is 26.0 Å². The Labute approximate surface area is 217 Å². The normalized spacial score (nSPS) is 11.0. The minimum atomic E-state index is -4.16. The van der Waals surface area contributed by atoms with Crippen molar-refractivity contribution < 1.29 is 34.3 Å². The van der Waals surface area contributed by atoms with Crippen LogP contribution in [0, 0.1) is 0 Å². The van der Waals surface area contributed by atoms with Crippen LogP contribution in [0.5, 0.6) is 0 Å². The van der Waals surface area contributed by atoms with Crippen LogP contribution in [0.3, 0.4) is 0 Å². The SMILES string of the molecule is CCCCCCCCCCCCCCCCCCN.CN(C)C.COS(=O)(=O)O.COS(=O)(=O)O.